The molecule has 0 heterocycles. The number of carbonyl (C=O) groups is 4. The van der Waals surface area contributed by atoms with Crippen LogP contribution in [0.5, 0.6) is 0 Å². The van der Waals surface area contributed by atoms with Crippen molar-refractivity contribution in [2.75, 3.05) is 18.6 Å². The van der Waals surface area contributed by atoms with E-state index in [1.165, 1.54) is 11.8 Å². The molecule has 0 aliphatic carbocycles. The minimum Gasteiger partial charge on any atom is -0.480 e. The molecule has 11 heteroatoms. The maximum atomic E-state index is 12.3. The van der Waals surface area contributed by atoms with Gasteiger partial charge in [-0.25, -0.2) is 4.79 Å². The number of hydrogen-bond acceptors (Lipinski definition) is 7. The molecule has 0 aliphatic heterocycles. The Labute approximate surface area is 157 Å². The number of primary amides is 1. The molecule has 0 spiro atoms. The Bertz CT molecular complexity index is 491. The maximum absolute atomic E-state index is 12.3. The normalized spacial score (nSPS) is 14.1. The van der Waals surface area contributed by atoms with Crippen molar-refractivity contribution in [3.8, 4) is 0 Å². The van der Waals surface area contributed by atoms with Gasteiger partial charge in [0.1, 0.15) is 12.1 Å². The number of carbonyl (C=O) groups excluding carboxylic acids is 3. The van der Waals surface area contributed by atoms with Crippen LogP contribution in [0.1, 0.15) is 32.1 Å². The van der Waals surface area contributed by atoms with E-state index in [0.717, 1.165) is 0 Å². The average molecular weight is 391 g/mol. The van der Waals surface area contributed by atoms with Crippen LogP contribution in [0.15, 0.2) is 0 Å². The summed E-state index contributed by atoms with van der Waals surface area (Å²) in [6, 6.07) is -3.27. The Morgan fingerprint density at radius 2 is 1.65 bits per heavy atom. The van der Waals surface area contributed by atoms with Gasteiger partial charge in [0.25, 0.3) is 0 Å². The molecule has 0 unspecified atom stereocenters. The van der Waals surface area contributed by atoms with E-state index in [0.29, 0.717) is 31.6 Å². The number of unbranched alkanes of at least 4 members (excludes halogenated alkanes) is 1. The fourth-order valence-corrected chi connectivity index (χ4v) is 2.58. The highest BCUT2D eigenvalue weighted by atomic mass is 32.2. The number of carboxylic acid groups (broad SMARTS) is 1. The lowest BCUT2D eigenvalue weighted by molar-refractivity contribution is -0.142. The van der Waals surface area contributed by atoms with Gasteiger partial charge in [-0.1, -0.05) is 0 Å². The van der Waals surface area contributed by atoms with Gasteiger partial charge < -0.3 is 32.9 Å². The maximum Gasteiger partial charge on any atom is 0.326 e. The second-order valence-corrected chi connectivity index (χ2v) is 6.79. The molecule has 0 aliphatic rings. The molecule has 0 aromatic carbocycles. The third-order valence-corrected chi connectivity index (χ3v) is 4.21. The molecule has 3 atom stereocenters. The van der Waals surface area contributed by atoms with Crippen LogP contribution in [0.4, 0.5) is 0 Å². The summed E-state index contributed by atoms with van der Waals surface area (Å²) in [4.78, 5) is 46.9. The van der Waals surface area contributed by atoms with Gasteiger partial charge in [0, 0.05) is 0 Å². The largest absolute Gasteiger partial charge is 0.480 e. The van der Waals surface area contributed by atoms with Gasteiger partial charge in [-0.05, 0) is 44.2 Å². The Morgan fingerprint density at radius 3 is 2.15 bits per heavy atom. The highest BCUT2D eigenvalue weighted by Gasteiger charge is 2.28. The first-order valence-corrected chi connectivity index (χ1v) is 9.68. The van der Waals surface area contributed by atoms with Crippen LogP contribution in [-0.2, 0) is 19.2 Å². The number of carboxylic acids is 1. The van der Waals surface area contributed by atoms with Crippen LogP contribution < -0.4 is 27.8 Å². The molecule has 0 rings (SSSR count). The molecule has 0 bridgehead atoms. The van der Waals surface area contributed by atoms with E-state index >= 15 is 0 Å². The number of thioether (sulfide) groups is 1. The van der Waals surface area contributed by atoms with E-state index < -0.39 is 48.2 Å². The minimum atomic E-state index is -1.28. The molecular formula is C15H29N5O5S. The number of nitrogens with two attached hydrogens (primary N) is 3. The van der Waals surface area contributed by atoms with Crippen molar-refractivity contribution in [1.29, 1.82) is 0 Å². The summed E-state index contributed by atoms with van der Waals surface area (Å²) >= 11 is 1.52. The van der Waals surface area contributed by atoms with Crippen molar-refractivity contribution in [1.82, 2.24) is 10.6 Å². The highest BCUT2D eigenvalue weighted by Crippen LogP contribution is 2.04. The highest BCUT2D eigenvalue weighted by molar-refractivity contribution is 7.98. The van der Waals surface area contributed by atoms with Crippen LogP contribution in [0.25, 0.3) is 0 Å². The van der Waals surface area contributed by atoms with E-state index in [2.05, 4.69) is 10.6 Å². The fraction of sp³-hybridized carbons (Fsp3) is 0.733. The van der Waals surface area contributed by atoms with E-state index in [1.54, 1.807) is 0 Å². The summed E-state index contributed by atoms with van der Waals surface area (Å²) in [5, 5.41) is 13.9. The molecule has 10 nitrogen and oxygen atoms in total. The first-order chi connectivity index (χ1) is 12.2. The van der Waals surface area contributed by atoms with Crippen molar-refractivity contribution in [2.24, 2.45) is 17.2 Å². The predicted octanol–water partition coefficient (Wildman–Crippen LogP) is -1.87. The number of amides is 3. The van der Waals surface area contributed by atoms with Gasteiger partial charge >= 0.3 is 5.97 Å². The van der Waals surface area contributed by atoms with Crippen LogP contribution in [0.3, 0.4) is 0 Å². The molecule has 26 heavy (non-hydrogen) atoms. The summed E-state index contributed by atoms with van der Waals surface area (Å²) < 4.78 is 0. The van der Waals surface area contributed by atoms with Gasteiger partial charge in [0.15, 0.2) is 0 Å². The smallest absolute Gasteiger partial charge is 0.326 e. The molecule has 0 aromatic heterocycles. The molecule has 0 saturated carbocycles. The number of rotatable bonds is 14. The molecule has 9 N–H and O–H groups in total. The molecule has 0 aromatic rings. The minimum absolute atomic E-state index is 0.183. The van der Waals surface area contributed by atoms with Crippen LogP contribution in [-0.4, -0.2) is 65.5 Å². The lowest BCUT2D eigenvalue weighted by atomic mass is 10.1. The zero-order valence-corrected chi connectivity index (χ0v) is 15.7. The lowest BCUT2D eigenvalue weighted by Gasteiger charge is -2.22. The predicted molar refractivity (Wildman–Crippen MR) is 99.2 cm³/mol. The molecule has 0 radical (unpaired) electrons. The third-order valence-electron chi connectivity index (χ3n) is 3.57. The SMILES string of the molecule is CSCC[C@H](N)C(=O)N[C@@H](CC(N)=O)C(=O)N[C@@H](CCCCN)C(=O)O. The first-order valence-electron chi connectivity index (χ1n) is 8.29. The summed E-state index contributed by atoms with van der Waals surface area (Å²) in [7, 11) is 0. The lowest BCUT2D eigenvalue weighted by Crippen LogP contribution is -2.55. The second kappa shape index (κ2) is 13.4. The second-order valence-electron chi connectivity index (χ2n) is 5.80. The zero-order valence-electron chi connectivity index (χ0n) is 14.9. The van der Waals surface area contributed by atoms with Gasteiger partial charge in [0.05, 0.1) is 12.5 Å². The van der Waals surface area contributed by atoms with Gasteiger partial charge in [-0.15, -0.1) is 0 Å². The Hall–Kier alpha value is -1.85. The van der Waals surface area contributed by atoms with Crippen molar-refractivity contribution < 1.29 is 24.3 Å². The van der Waals surface area contributed by atoms with Crippen molar-refractivity contribution >= 4 is 35.5 Å². The van der Waals surface area contributed by atoms with Crippen LogP contribution in [0, 0.1) is 0 Å². The van der Waals surface area contributed by atoms with Crippen LogP contribution >= 0.6 is 11.8 Å². The van der Waals surface area contributed by atoms with Gasteiger partial charge in [0.2, 0.25) is 17.7 Å². The Kier molecular flexibility index (Phi) is 12.4. The third kappa shape index (κ3) is 10.2. The monoisotopic (exact) mass is 391 g/mol. The fourth-order valence-electron chi connectivity index (χ4n) is 2.09. The summed E-state index contributed by atoms with van der Waals surface area (Å²) in [5.41, 5.74) is 16.2. The molecule has 0 fully saturated rings. The zero-order chi connectivity index (χ0) is 20.1. The van der Waals surface area contributed by atoms with E-state index in [9.17, 15) is 24.3 Å². The number of hydrogen-bond donors (Lipinski definition) is 6. The van der Waals surface area contributed by atoms with Crippen LogP contribution in [0.2, 0.25) is 0 Å². The molecular weight excluding hydrogens is 362 g/mol. The first kappa shape index (κ1) is 24.1. The van der Waals surface area contributed by atoms with E-state index in [1.807, 2.05) is 6.26 Å². The van der Waals surface area contributed by atoms with E-state index in [-0.39, 0.29) is 6.42 Å². The van der Waals surface area contributed by atoms with E-state index in [4.69, 9.17) is 17.2 Å². The van der Waals surface area contributed by atoms with Gasteiger partial charge in [-0.2, -0.15) is 11.8 Å². The Morgan fingerprint density at radius 1 is 1.04 bits per heavy atom. The standard InChI is InChI=1S/C15H29N5O5S/c1-26-7-5-9(17)13(22)20-11(8-12(18)21)14(23)19-10(15(24)25)4-2-3-6-16/h9-11H,2-8,16-17H2,1H3,(H2,18,21)(H,19,23)(H,20,22)(H,24,25)/t9-,10-,11-/m0/s1. The van der Waals surface area contributed by atoms with Gasteiger partial charge in [-0.3, -0.25) is 14.4 Å². The van der Waals surface area contributed by atoms with Crippen molar-refractivity contribution in [3.63, 3.8) is 0 Å². The summed E-state index contributed by atoms with van der Waals surface area (Å²) in [6.45, 7) is 0.411. The Balaban J connectivity index is 4.91. The topological polar surface area (TPSA) is 191 Å². The molecule has 150 valence electrons. The summed E-state index contributed by atoms with van der Waals surface area (Å²) in [6.07, 6.45) is 3.12. The average Bonchev–Trinajstić information content (AvgIpc) is 2.57. The number of nitrogens with one attached hydrogen (secondary N) is 2. The molecule has 0 saturated heterocycles. The van der Waals surface area contributed by atoms with Crippen molar-refractivity contribution in [2.45, 2.75) is 50.2 Å². The summed E-state index contributed by atoms with van der Waals surface area (Å²) in [5.74, 6) is -2.76. The molecule has 3 amide bonds. The quantitative estimate of drug-likeness (QED) is 0.185. The number of aliphatic carboxylic acids is 1. The van der Waals surface area contributed by atoms with Crippen molar-refractivity contribution in [3.05, 3.63) is 0 Å².